The summed E-state index contributed by atoms with van der Waals surface area (Å²) in [4.78, 5) is 11.0. The van der Waals surface area contributed by atoms with E-state index in [2.05, 4.69) is 6.92 Å². The lowest BCUT2D eigenvalue weighted by Crippen LogP contribution is -2.27. The van der Waals surface area contributed by atoms with Gasteiger partial charge in [-0.3, -0.25) is 4.79 Å². The van der Waals surface area contributed by atoms with Crippen molar-refractivity contribution in [2.45, 2.75) is 96.1 Å². The molecule has 0 spiro atoms. The van der Waals surface area contributed by atoms with Crippen molar-refractivity contribution in [2.75, 3.05) is 11.5 Å². The Bertz CT molecular complexity index is 344. The molecule has 0 heterocycles. The maximum absolute atomic E-state index is 11.0. The molecule has 0 bridgehead atoms. The van der Waals surface area contributed by atoms with Gasteiger partial charge in [-0.1, -0.05) is 76.9 Å². The van der Waals surface area contributed by atoms with E-state index >= 15 is 0 Å². The van der Waals surface area contributed by atoms with E-state index in [1.165, 1.54) is 76.0 Å². The third-order valence-corrected chi connectivity index (χ3v) is 7.11. The number of aliphatic carboxylic acids is 1. The zero-order valence-electron chi connectivity index (χ0n) is 15.8. The van der Waals surface area contributed by atoms with E-state index in [0.717, 1.165) is 22.1 Å². The highest BCUT2D eigenvalue weighted by Crippen LogP contribution is 2.26. The SMILES string of the molecule is CCCCCCCCCCCCC(=S)SCCSC(C)(C)C(=O)O. The van der Waals surface area contributed by atoms with Gasteiger partial charge in [-0.2, -0.15) is 0 Å². The van der Waals surface area contributed by atoms with Crippen molar-refractivity contribution in [1.82, 2.24) is 0 Å². The smallest absolute Gasteiger partial charge is 0.319 e. The van der Waals surface area contributed by atoms with E-state index in [-0.39, 0.29) is 0 Å². The molecule has 1 N–H and O–H groups in total. The van der Waals surface area contributed by atoms with Crippen LogP contribution in [0.25, 0.3) is 0 Å². The average molecular weight is 393 g/mol. The van der Waals surface area contributed by atoms with Crippen LogP contribution in [0, 0.1) is 0 Å². The predicted molar refractivity (Wildman–Crippen MR) is 116 cm³/mol. The number of hydrogen-bond acceptors (Lipinski definition) is 4. The number of carbonyl (C=O) groups is 1. The molecule has 0 radical (unpaired) electrons. The first-order valence-electron chi connectivity index (χ1n) is 9.43. The van der Waals surface area contributed by atoms with Crippen LogP contribution in [0.1, 0.15) is 91.4 Å². The first-order chi connectivity index (χ1) is 11.4. The lowest BCUT2D eigenvalue weighted by Gasteiger charge is -2.17. The van der Waals surface area contributed by atoms with Crippen molar-refractivity contribution >= 4 is 45.9 Å². The molecule has 0 saturated heterocycles. The number of carboxylic acids is 1. The molecule has 0 aliphatic rings. The molecule has 2 nitrogen and oxygen atoms in total. The summed E-state index contributed by atoms with van der Waals surface area (Å²) in [6.45, 7) is 5.78. The van der Waals surface area contributed by atoms with Crippen molar-refractivity contribution in [3.8, 4) is 0 Å². The van der Waals surface area contributed by atoms with E-state index in [0.29, 0.717) is 0 Å². The van der Waals surface area contributed by atoms with Gasteiger partial charge in [-0.25, -0.2) is 0 Å². The van der Waals surface area contributed by atoms with Crippen molar-refractivity contribution in [1.29, 1.82) is 0 Å². The van der Waals surface area contributed by atoms with Crippen LogP contribution in [0.4, 0.5) is 0 Å². The minimum Gasteiger partial charge on any atom is -0.480 e. The Labute approximate surface area is 163 Å². The fourth-order valence-electron chi connectivity index (χ4n) is 2.34. The quantitative estimate of drug-likeness (QED) is 0.227. The molecule has 0 unspecified atom stereocenters. The summed E-state index contributed by atoms with van der Waals surface area (Å²) >= 11 is 8.63. The van der Waals surface area contributed by atoms with Gasteiger partial charge in [0.25, 0.3) is 0 Å². The molecule has 0 fully saturated rings. The zero-order chi connectivity index (χ0) is 18.3. The maximum atomic E-state index is 11.0. The summed E-state index contributed by atoms with van der Waals surface area (Å²) in [5, 5.41) is 9.06. The Balaban J connectivity index is 3.37. The van der Waals surface area contributed by atoms with Crippen molar-refractivity contribution in [3.05, 3.63) is 0 Å². The molecule has 0 atom stereocenters. The Hall–Kier alpha value is 0.260. The summed E-state index contributed by atoms with van der Waals surface area (Å²) in [5.74, 6) is 1.01. The van der Waals surface area contributed by atoms with Gasteiger partial charge in [0.1, 0.15) is 4.75 Å². The number of thioether (sulfide) groups is 2. The summed E-state index contributed by atoms with van der Waals surface area (Å²) < 4.78 is 0.391. The second-order valence-corrected chi connectivity index (χ2v) is 10.5. The number of rotatable bonds is 16. The molecule has 0 aromatic carbocycles. The molecule has 0 aliphatic carbocycles. The molecule has 142 valence electrons. The second-order valence-electron chi connectivity index (χ2n) is 6.82. The van der Waals surface area contributed by atoms with Crippen LogP contribution < -0.4 is 0 Å². The summed E-state index contributed by atoms with van der Waals surface area (Å²) in [5.41, 5.74) is 0. The van der Waals surface area contributed by atoms with Crippen LogP contribution in [0.15, 0.2) is 0 Å². The number of thiocarbonyl (C=S) groups is 1. The monoisotopic (exact) mass is 392 g/mol. The zero-order valence-corrected chi connectivity index (χ0v) is 18.2. The Morgan fingerprint density at radius 3 is 1.92 bits per heavy atom. The van der Waals surface area contributed by atoms with E-state index < -0.39 is 10.7 Å². The van der Waals surface area contributed by atoms with Crippen LogP contribution >= 0.6 is 35.7 Å². The van der Waals surface area contributed by atoms with E-state index in [1.807, 2.05) is 0 Å². The summed E-state index contributed by atoms with van der Waals surface area (Å²) in [6.07, 6.45) is 14.6. The highest BCUT2D eigenvalue weighted by molar-refractivity contribution is 8.23. The van der Waals surface area contributed by atoms with Crippen LogP contribution in [0.5, 0.6) is 0 Å². The van der Waals surface area contributed by atoms with Crippen molar-refractivity contribution in [2.24, 2.45) is 0 Å². The number of unbranched alkanes of at least 4 members (excludes halogenated alkanes) is 9. The van der Waals surface area contributed by atoms with Gasteiger partial charge in [-0.15, -0.1) is 23.5 Å². The average Bonchev–Trinajstić information content (AvgIpc) is 2.53. The van der Waals surface area contributed by atoms with Gasteiger partial charge < -0.3 is 5.11 Å². The maximum Gasteiger partial charge on any atom is 0.319 e. The first-order valence-corrected chi connectivity index (χ1v) is 11.8. The molecule has 5 heteroatoms. The van der Waals surface area contributed by atoms with Gasteiger partial charge in [0, 0.05) is 15.7 Å². The van der Waals surface area contributed by atoms with Crippen LogP contribution in [-0.4, -0.2) is 31.5 Å². The Kier molecular flexibility index (Phi) is 15.7. The molecule has 0 saturated carbocycles. The normalized spacial score (nSPS) is 11.6. The van der Waals surface area contributed by atoms with Crippen LogP contribution in [0.3, 0.4) is 0 Å². The van der Waals surface area contributed by atoms with Gasteiger partial charge in [-0.05, 0) is 26.7 Å². The van der Waals surface area contributed by atoms with Crippen molar-refractivity contribution < 1.29 is 9.90 Å². The molecular formula is C19H36O2S3. The third kappa shape index (κ3) is 14.6. The van der Waals surface area contributed by atoms with Crippen LogP contribution in [0.2, 0.25) is 0 Å². The minimum atomic E-state index is -0.745. The van der Waals surface area contributed by atoms with E-state index in [1.54, 1.807) is 25.6 Å². The highest BCUT2D eigenvalue weighted by atomic mass is 32.2. The third-order valence-electron chi connectivity index (χ3n) is 4.06. The van der Waals surface area contributed by atoms with Gasteiger partial charge in [0.15, 0.2) is 0 Å². The molecule has 0 rings (SSSR count). The lowest BCUT2D eigenvalue weighted by molar-refractivity contribution is -0.138. The topological polar surface area (TPSA) is 37.3 Å². The van der Waals surface area contributed by atoms with E-state index in [9.17, 15) is 4.79 Å². The van der Waals surface area contributed by atoms with Gasteiger partial charge in [0.05, 0.1) is 0 Å². The van der Waals surface area contributed by atoms with Crippen LogP contribution in [-0.2, 0) is 4.79 Å². The first kappa shape index (κ1) is 24.3. The highest BCUT2D eigenvalue weighted by Gasteiger charge is 2.27. The summed E-state index contributed by atoms with van der Waals surface area (Å²) in [6, 6.07) is 0. The predicted octanol–water partition coefficient (Wildman–Crippen LogP) is 6.95. The fourth-order valence-corrected chi connectivity index (χ4v) is 4.55. The molecule has 0 amide bonds. The Morgan fingerprint density at radius 1 is 0.917 bits per heavy atom. The van der Waals surface area contributed by atoms with E-state index in [4.69, 9.17) is 17.3 Å². The Morgan fingerprint density at radius 2 is 1.42 bits per heavy atom. The molecule has 0 aromatic heterocycles. The van der Waals surface area contributed by atoms with Crippen molar-refractivity contribution in [3.63, 3.8) is 0 Å². The molecular weight excluding hydrogens is 356 g/mol. The molecule has 24 heavy (non-hydrogen) atoms. The molecule has 0 aromatic rings. The fraction of sp³-hybridized carbons (Fsp3) is 0.895. The largest absolute Gasteiger partial charge is 0.480 e. The number of hydrogen-bond donors (Lipinski definition) is 1. The van der Waals surface area contributed by atoms with Gasteiger partial charge in [0.2, 0.25) is 0 Å². The lowest BCUT2D eigenvalue weighted by atomic mass is 10.1. The molecule has 0 aliphatic heterocycles. The second kappa shape index (κ2) is 15.5. The summed E-state index contributed by atoms with van der Waals surface area (Å²) in [7, 11) is 0. The number of carboxylic acid groups (broad SMARTS) is 1. The standard InChI is InChI=1S/C19H36O2S3/c1-4-5-6-7-8-9-10-11-12-13-14-17(22)23-15-16-24-19(2,3)18(20)21/h4-16H2,1-3H3,(H,20,21). The van der Waals surface area contributed by atoms with Gasteiger partial charge >= 0.3 is 5.97 Å². The minimum absolute atomic E-state index is 0.696.